The zero-order chi connectivity index (χ0) is 26.7. The van der Waals surface area contributed by atoms with Crippen LogP contribution in [0.4, 0.5) is 11.5 Å². The maximum absolute atomic E-state index is 13.5. The van der Waals surface area contributed by atoms with E-state index in [2.05, 4.69) is 10.3 Å². The van der Waals surface area contributed by atoms with Crippen LogP contribution in [0.3, 0.4) is 0 Å². The first-order valence-electron chi connectivity index (χ1n) is 12.0. The number of sulfonamides is 1. The lowest BCUT2D eigenvalue weighted by Crippen LogP contribution is -2.23. The predicted octanol–water partition coefficient (Wildman–Crippen LogP) is 5.10. The number of pyridine rings is 1. The first kappa shape index (κ1) is 25.1. The first-order valence-corrected chi connectivity index (χ1v) is 13.6. The Morgan fingerprint density at radius 1 is 0.842 bits per heavy atom. The molecule has 38 heavy (non-hydrogen) atoms. The fourth-order valence-corrected chi connectivity index (χ4v) is 5.32. The minimum atomic E-state index is -3.88. The van der Waals surface area contributed by atoms with E-state index in [0.29, 0.717) is 29.1 Å². The highest BCUT2D eigenvalue weighted by atomic mass is 32.2. The van der Waals surface area contributed by atoms with Gasteiger partial charge in [0.05, 0.1) is 10.8 Å². The molecule has 8 heteroatoms. The van der Waals surface area contributed by atoms with Crippen molar-refractivity contribution in [1.29, 1.82) is 0 Å². The van der Waals surface area contributed by atoms with Crippen LogP contribution in [0.2, 0.25) is 0 Å². The summed E-state index contributed by atoms with van der Waals surface area (Å²) in [7, 11) is -3.88. The van der Waals surface area contributed by atoms with E-state index < -0.39 is 15.9 Å². The van der Waals surface area contributed by atoms with Crippen LogP contribution >= 0.6 is 0 Å². The van der Waals surface area contributed by atoms with Gasteiger partial charge in [0.1, 0.15) is 5.82 Å². The van der Waals surface area contributed by atoms with Crippen LogP contribution in [0.25, 0.3) is 21.9 Å². The number of hydrogen-bond acceptors (Lipinski definition) is 5. The summed E-state index contributed by atoms with van der Waals surface area (Å²) in [6.07, 6.45) is 0.366. The molecular weight excluding hydrogens is 496 g/mol. The Labute approximate surface area is 221 Å². The van der Waals surface area contributed by atoms with Crippen LogP contribution in [0.15, 0.2) is 114 Å². The summed E-state index contributed by atoms with van der Waals surface area (Å²) >= 11 is 0. The second-order valence-electron chi connectivity index (χ2n) is 9.00. The van der Waals surface area contributed by atoms with Gasteiger partial charge in [-0.15, -0.1) is 0 Å². The van der Waals surface area contributed by atoms with E-state index in [1.54, 1.807) is 42.5 Å². The second kappa shape index (κ2) is 10.5. The van der Waals surface area contributed by atoms with Crippen molar-refractivity contribution in [2.45, 2.75) is 17.2 Å². The Balaban J connectivity index is 1.42. The summed E-state index contributed by atoms with van der Waals surface area (Å²) in [5.41, 5.74) is 9.54. The van der Waals surface area contributed by atoms with Gasteiger partial charge in [0.15, 0.2) is 0 Å². The highest BCUT2D eigenvalue weighted by molar-refractivity contribution is 7.89. The lowest BCUT2D eigenvalue weighted by molar-refractivity contribution is -0.117. The van der Waals surface area contributed by atoms with Gasteiger partial charge in [-0.2, -0.15) is 0 Å². The molecule has 0 aliphatic carbocycles. The SMILES string of the molecule is Nc1nc(CC(C(=O)Nc2ccc(-c3ccccc3S(N)(=O)=O)cc2)c2ccccc2)cc2ccccc12. The average Bonchev–Trinajstić information content (AvgIpc) is 2.92. The van der Waals surface area contributed by atoms with Crippen molar-refractivity contribution in [2.75, 3.05) is 11.1 Å². The van der Waals surface area contributed by atoms with E-state index in [9.17, 15) is 13.2 Å². The van der Waals surface area contributed by atoms with Gasteiger partial charge in [-0.25, -0.2) is 18.5 Å². The van der Waals surface area contributed by atoms with Gasteiger partial charge < -0.3 is 11.1 Å². The third-order valence-corrected chi connectivity index (χ3v) is 7.38. The van der Waals surface area contributed by atoms with Crippen molar-refractivity contribution in [2.24, 2.45) is 5.14 Å². The number of benzene rings is 4. The Morgan fingerprint density at radius 2 is 1.50 bits per heavy atom. The van der Waals surface area contributed by atoms with Gasteiger partial charge >= 0.3 is 0 Å². The number of carbonyl (C=O) groups is 1. The summed E-state index contributed by atoms with van der Waals surface area (Å²) in [5, 5.41) is 10.2. The third-order valence-electron chi connectivity index (χ3n) is 6.41. The molecule has 5 N–H and O–H groups in total. The van der Waals surface area contributed by atoms with Gasteiger partial charge in [0, 0.05) is 28.8 Å². The maximum atomic E-state index is 13.5. The fourth-order valence-electron chi connectivity index (χ4n) is 4.56. The molecular formula is C30H26N4O3S. The van der Waals surface area contributed by atoms with Gasteiger partial charge in [-0.1, -0.05) is 84.9 Å². The molecule has 4 aromatic carbocycles. The van der Waals surface area contributed by atoms with Crippen LogP contribution in [-0.4, -0.2) is 19.3 Å². The quantitative estimate of drug-likeness (QED) is 0.274. The van der Waals surface area contributed by atoms with E-state index in [1.165, 1.54) is 6.07 Å². The van der Waals surface area contributed by atoms with Crippen LogP contribution in [-0.2, 0) is 21.2 Å². The standard InChI is InChI=1S/C30H26N4O3S/c31-29-26-12-5-4-10-22(26)18-24(33-29)19-27(20-8-2-1-3-9-20)30(35)34-23-16-14-21(15-17-23)25-11-6-7-13-28(25)38(32,36)37/h1-18,27H,19H2,(H2,31,33)(H,34,35)(H2,32,36,37). The highest BCUT2D eigenvalue weighted by Gasteiger charge is 2.23. The van der Waals surface area contributed by atoms with Crippen molar-refractivity contribution in [3.63, 3.8) is 0 Å². The molecule has 1 amide bonds. The van der Waals surface area contributed by atoms with Gasteiger partial charge in [0.2, 0.25) is 15.9 Å². The summed E-state index contributed by atoms with van der Waals surface area (Å²) in [4.78, 5) is 18.2. The second-order valence-corrected chi connectivity index (χ2v) is 10.5. The highest BCUT2D eigenvalue weighted by Crippen LogP contribution is 2.29. The Bertz CT molecular complexity index is 1720. The number of nitrogen functional groups attached to an aromatic ring is 1. The summed E-state index contributed by atoms with van der Waals surface area (Å²) in [6, 6.07) is 32.8. The van der Waals surface area contributed by atoms with Crippen LogP contribution in [0.1, 0.15) is 17.2 Å². The molecule has 0 fully saturated rings. The molecule has 0 aliphatic rings. The van der Waals surface area contributed by atoms with E-state index >= 15 is 0 Å². The lowest BCUT2D eigenvalue weighted by Gasteiger charge is -2.18. The number of hydrogen-bond donors (Lipinski definition) is 3. The van der Waals surface area contributed by atoms with Gasteiger partial charge in [0.25, 0.3) is 0 Å². The third kappa shape index (κ3) is 5.41. The van der Waals surface area contributed by atoms with Gasteiger partial charge in [-0.05, 0) is 40.8 Å². The van der Waals surface area contributed by atoms with Crippen molar-refractivity contribution >= 4 is 38.2 Å². The number of primary sulfonamides is 1. The summed E-state index contributed by atoms with van der Waals surface area (Å²) < 4.78 is 24.0. The molecule has 0 saturated heterocycles. The largest absolute Gasteiger partial charge is 0.383 e. The number of fused-ring (bicyclic) bond motifs is 1. The minimum Gasteiger partial charge on any atom is -0.383 e. The average molecular weight is 523 g/mol. The number of nitrogens with one attached hydrogen (secondary N) is 1. The number of nitrogens with two attached hydrogens (primary N) is 2. The number of rotatable bonds is 7. The Morgan fingerprint density at radius 3 is 2.24 bits per heavy atom. The molecule has 0 saturated carbocycles. The topological polar surface area (TPSA) is 128 Å². The van der Waals surface area contributed by atoms with Crippen molar-refractivity contribution < 1.29 is 13.2 Å². The molecule has 1 aromatic heterocycles. The minimum absolute atomic E-state index is 0.0445. The number of anilines is 2. The summed E-state index contributed by atoms with van der Waals surface area (Å²) in [5.74, 6) is -0.268. The zero-order valence-corrected chi connectivity index (χ0v) is 21.2. The predicted molar refractivity (Wildman–Crippen MR) is 151 cm³/mol. The first-order chi connectivity index (χ1) is 18.3. The number of nitrogens with zero attached hydrogens (tertiary/aromatic N) is 1. The van der Waals surface area contributed by atoms with E-state index in [4.69, 9.17) is 10.9 Å². The monoisotopic (exact) mass is 522 g/mol. The molecule has 190 valence electrons. The number of carbonyl (C=O) groups excluding carboxylic acids is 1. The van der Waals surface area contributed by atoms with Crippen LogP contribution < -0.4 is 16.2 Å². The normalized spacial score (nSPS) is 12.2. The van der Waals surface area contributed by atoms with Crippen molar-refractivity contribution in [3.8, 4) is 11.1 Å². The lowest BCUT2D eigenvalue weighted by atomic mass is 9.92. The van der Waals surface area contributed by atoms with Crippen molar-refractivity contribution in [3.05, 3.63) is 120 Å². The molecule has 0 aliphatic heterocycles. The molecule has 1 atom stereocenters. The molecule has 0 bridgehead atoms. The van der Waals surface area contributed by atoms with Crippen LogP contribution in [0, 0.1) is 0 Å². The van der Waals surface area contributed by atoms with Crippen LogP contribution in [0.5, 0.6) is 0 Å². The smallest absolute Gasteiger partial charge is 0.238 e. The molecule has 1 unspecified atom stereocenters. The molecule has 0 radical (unpaired) electrons. The van der Waals surface area contributed by atoms with E-state index in [1.807, 2.05) is 60.7 Å². The summed E-state index contributed by atoms with van der Waals surface area (Å²) in [6.45, 7) is 0. The molecule has 0 spiro atoms. The molecule has 5 rings (SSSR count). The molecule has 7 nitrogen and oxygen atoms in total. The maximum Gasteiger partial charge on any atom is 0.238 e. The zero-order valence-electron chi connectivity index (χ0n) is 20.4. The van der Waals surface area contributed by atoms with E-state index in [0.717, 1.165) is 22.0 Å². The fraction of sp³-hybridized carbons (Fsp3) is 0.0667. The van der Waals surface area contributed by atoms with E-state index in [-0.39, 0.29) is 10.8 Å². The number of aromatic nitrogens is 1. The Hall–Kier alpha value is -4.53. The molecule has 5 aromatic rings. The Kier molecular flexibility index (Phi) is 6.91. The van der Waals surface area contributed by atoms with Crippen molar-refractivity contribution in [1.82, 2.24) is 4.98 Å². The van der Waals surface area contributed by atoms with Gasteiger partial charge in [-0.3, -0.25) is 4.79 Å². The number of amides is 1. The molecule has 1 heterocycles.